The van der Waals surface area contributed by atoms with Crippen molar-refractivity contribution in [3.8, 4) is 11.1 Å². The molecule has 0 unspecified atom stereocenters. The molecule has 1 aliphatic heterocycles. The molecule has 2 heterocycles. The summed E-state index contributed by atoms with van der Waals surface area (Å²) in [7, 11) is 1.76. The maximum Gasteiger partial charge on any atom is 0.227 e. The number of amides is 1. The van der Waals surface area contributed by atoms with Gasteiger partial charge in [-0.2, -0.15) is 0 Å². The molecule has 5 heteroatoms. The fraction of sp³-hybridized carbons (Fsp3) is 0.393. The van der Waals surface area contributed by atoms with Crippen LogP contribution in [0.5, 0.6) is 0 Å². The van der Waals surface area contributed by atoms with E-state index in [4.69, 9.17) is 0 Å². The van der Waals surface area contributed by atoms with Gasteiger partial charge in [-0.15, -0.1) is 0 Å². The number of nitrogens with zero attached hydrogens (tertiary/aromatic N) is 3. The molecule has 1 fully saturated rings. The molecule has 1 amide bonds. The Balaban J connectivity index is 1.53. The summed E-state index contributed by atoms with van der Waals surface area (Å²) in [6.45, 7) is 5.13. The Morgan fingerprint density at radius 3 is 2.58 bits per heavy atom. The van der Waals surface area contributed by atoms with Crippen LogP contribution >= 0.6 is 0 Å². The minimum Gasteiger partial charge on any atom is -0.359 e. The average molecular weight is 443 g/mol. The fourth-order valence-electron chi connectivity index (χ4n) is 5.18. The minimum atomic E-state index is -0.436. The predicted octanol–water partition coefficient (Wildman–Crippen LogP) is 4.71. The van der Waals surface area contributed by atoms with E-state index in [1.807, 2.05) is 18.5 Å². The van der Waals surface area contributed by atoms with E-state index in [0.717, 1.165) is 50.0 Å². The molecule has 1 aliphatic rings. The summed E-state index contributed by atoms with van der Waals surface area (Å²) < 4.78 is 0. The quantitative estimate of drug-likeness (QED) is 0.549. The summed E-state index contributed by atoms with van der Waals surface area (Å²) in [4.78, 5) is 24.2. The van der Waals surface area contributed by atoms with Gasteiger partial charge in [-0.1, -0.05) is 61.5 Å². The third-order valence-corrected chi connectivity index (χ3v) is 7.03. The van der Waals surface area contributed by atoms with E-state index in [9.17, 15) is 4.79 Å². The van der Waals surface area contributed by atoms with Gasteiger partial charge in [0.25, 0.3) is 0 Å². The summed E-state index contributed by atoms with van der Waals surface area (Å²) in [6.07, 6.45) is 8.97. The van der Waals surface area contributed by atoms with Crippen molar-refractivity contribution in [3.63, 3.8) is 0 Å². The highest BCUT2D eigenvalue weighted by atomic mass is 16.2. The first kappa shape index (κ1) is 23.1. The number of likely N-dealkylation sites (tertiary alicyclic amines) is 1. The first-order chi connectivity index (χ1) is 16.1. The molecule has 1 saturated heterocycles. The second-order valence-corrected chi connectivity index (χ2v) is 9.30. The highest BCUT2D eigenvalue weighted by molar-refractivity contribution is 5.83. The van der Waals surface area contributed by atoms with Crippen molar-refractivity contribution in [1.29, 1.82) is 0 Å². The molecule has 1 aromatic heterocycles. The smallest absolute Gasteiger partial charge is 0.227 e. The highest BCUT2D eigenvalue weighted by Gasteiger charge is 2.42. The lowest BCUT2D eigenvalue weighted by Gasteiger charge is -2.42. The second kappa shape index (κ2) is 10.7. The van der Waals surface area contributed by atoms with E-state index in [1.54, 1.807) is 13.4 Å². The Labute approximate surface area is 197 Å². The predicted molar refractivity (Wildman–Crippen MR) is 133 cm³/mol. The van der Waals surface area contributed by atoms with Gasteiger partial charge < -0.3 is 10.2 Å². The van der Waals surface area contributed by atoms with Gasteiger partial charge in [0.15, 0.2) is 0 Å². The number of aromatic nitrogens is 2. The van der Waals surface area contributed by atoms with Crippen molar-refractivity contribution in [3.05, 3.63) is 84.4 Å². The van der Waals surface area contributed by atoms with E-state index < -0.39 is 5.41 Å². The van der Waals surface area contributed by atoms with Crippen LogP contribution in [0.4, 0.5) is 0 Å². The number of rotatable bonds is 8. The standard InChI is InChI=1S/C28H34N4O/c1-22(23-9-4-3-5-10-23)13-16-32-15-8-14-28(20-32,27(33)29-2)17-24-11-6-7-12-26(24)25-18-30-21-31-19-25/h3-7,9-12,18-19,21-22H,8,13-17,20H2,1-2H3,(H,29,33)/t22-,28-/m0/s1. The molecule has 2 aromatic carbocycles. The zero-order valence-electron chi connectivity index (χ0n) is 19.7. The lowest BCUT2D eigenvalue weighted by molar-refractivity contribution is -0.134. The second-order valence-electron chi connectivity index (χ2n) is 9.30. The van der Waals surface area contributed by atoms with Gasteiger partial charge in [0.05, 0.1) is 5.41 Å². The van der Waals surface area contributed by atoms with Crippen molar-refractivity contribution in [1.82, 2.24) is 20.2 Å². The normalized spacial score (nSPS) is 19.7. The maximum atomic E-state index is 13.3. The van der Waals surface area contributed by atoms with E-state index in [0.29, 0.717) is 12.3 Å². The van der Waals surface area contributed by atoms with E-state index >= 15 is 0 Å². The van der Waals surface area contributed by atoms with Crippen LogP contribution in [-0.4, -0.2) is 47.5 Å². The number of nitrogens with one attached hydrogen (secondary N) is 1. The van der Waals surface area contributed by atoms with Gasteiger partial charge in [-0.05, 0) is 61.4 Å². The van der Waals surface area contributed by atoms with Crippen LogP contribution in [0.1, 0.15) is 43.2 Å². The summed E-state index contributed by atoms with van der Waals surface area (Å²) in [5.74, 6) is 0.642. The van der Waals surface area contributed by atoms with E-state index in [1.165, 1.54) is 11.1 Å². The number of carbonyl (C=O) groups is 1. The average Bonchev–Trinajstić information content (AvgIpc) is 2.88. The van der Waals surface area contributed by atoms with Crippen molar-refractivity contribution >= 4 is 5.91 Å². The molecule has 0 spiro atoms. The van der Waals surface area contributed by atoms with E-state index in [-0.39, 0.29) is 5.91 Å². The molecular weight excluding hydrogens is 408 g/mol. The van der Waals surface area contributed by atoms with Gasteiger partial charge >= 0.3 is 0 Å². The molecule has 1 N–H and O–H groups in total. The van der Waals surface area contributed by atoms with Crippen LogP contribution in [0.2, 0.25) is 0 Å². The number of hydrogen-bond donors (Lipinski definition) is 1. The molecule has 3 aromatic rings. The number of benzene rings is 2. The first-order valence-corrected chi connectivity index (χ1v) is 11.9. The summed E-state index contributed by atoms with van der Waals surface area (Å²) >= 11 is 0. The lowest BCUT2D eigenvalue weighted by atomic mass is 9.73. The van der Waals surface area contributed by atoms with Gasteiger partial charge in [-0.3, -0.25) is 4.79 Å². The molecule has 0 aliphatic carbocycles. The number of piperidine rings is 1. The number of carbonyl (C=O) groups excluding carboxylic acids is 1. The van der Waals surface area contributed by atoms with Crippen molar-refractivity contribution in [2.75, 3.05) is 26.7 Å². The molecule has 2 atom stereocenters. The van der Waals surface area contributed by atoms with Crippen molar-refractivity contribution in [2.24, 2.45) is 5.41 Å². The molecule has 172 valence electrons. The molecule has 4 rings (SSSR count). The maximum absolute atomic E-state index is 13.3. The summed E-state index contributed by atoms with van der Waals surface area (Å²) in [5.41, 5.74) is 4.22. The zero-order chi connectivity index (χ0) is 23.1. The van der Waals surface area contributed by atoms with Crippen LogP contribution in [0.25, 0.3) is 11.1 Å². The third-order valence-electron chi connectivity index (χ3n) is 7.03. The van der Waals surface area contributed by atoms with E-state index in [2.05, 4.69) is 75.6 Å². The fourth-order valence-corrected chi connectivity index (χ4v) is 5.18. The Bertz CT molecular complexity index is 1040. The van der Waals surface area contributed by atoms with Gasteiger partial charge in [0.1, 0.15) is 6.33 Å². The summed E-state index contributed by atoms with van der Waals surface area (Å²) in [5, 5.41) is 2.98. The van der Waals surface area contributed by atoms with Crippen molar-refractivity contribution in [2.45, 2.75) is 38.5 Å². The summed E-state index contributed by atoms with van der Waals surface area (Å²) in [6, 6.07) is 19.0. The topological polar surface area (TPSA) is 58.1 Å². The molecule has 5 nitrogen and oxygen atoms in total. The Morgan fingerprint density at radius 1 is 1.09 bits per heavy atom. The van der Waals surface area contributed by atoms with Crippen LogP contribution in [0, 0.1) is 5.41 Å². The molecular formula is C28H34N4O. The third kappa shape index (κ3) is 5.48. The van der Waals surface area contributed by atoms with Crippen LogP contribution < -0.4 is 5.32 Å². The molecule has 0 bridgehead atoms. The monoisotopic (exact) mass is 442 g/mol. The Kier molecular flexibility index (Phi) is 7.50. The van der Waals surface area contributed by atoms with Crippen LogP contribution in [-0.2, 0) is 11.2 Å². The van der Waals surface area contributed by atoms with Gasteiger partial charge in [-0.25, -0.2) is 9.97 Å². The minimum absolute atomic E-state index is 0.141. The Morgan fingerprint density at radius 2 is 1.82 bits per heavy atom. The van der Waals surface area contributed by atoms with Crippen LogP contribution in [0.3, 0.4) is 0 Å². The lowest BCUT2D eigenvalue weighted by Crippen LogP contribution is -2.52. The molecule has 33 heavy (non-hydrogen) atoms. The van der Waals surface area contributed by atoms with Gasteiger partial charge in [0.2, 0.25) is 5.91 Å². The molecule has 0 radical (unpaired) electrons. The SMILES string of the molecule is CNC(=O)[C@]1(Cc2ccccc2-c2cncnc2)CCCN(CC[C@H](C)c2ccccc2)C1. The molecule has 0 saturated carbocycles. The first-order valence-electron chi connectivity index (χ1n) is 11.9. The van der Waals surface area contributed by atoms with Gasteiger partial charge in [0, 0.05) is 31.5 Å². The largest absolute Gasteiger partial charge is 0.359 e. The Hall–Kier alpha value is -3.05. The zero-order valence-corrected chi connectivity index (χ0v) is 19.7. The highest BCUT2D eigenvalue weighted by Crippen LogP contribution is 2.37. The van der Waals surface area contributed by atoms with Crippen LogP contribution in [0.15, 0.2) is 73.3 Å². The number of hydrogen-bond acceptors (Lipinski definition) is 4. The van der Waals surface area contributed by atoms with Crippen molar-refractivity contribution < 1.29 is 4.79 Å².